The average molecular weight is 773 g/mol. The SMILES string of the molecule is CC.c1ccc(N(c2ccc3oc4ccccc4c3c2)c2ccc3c4ccc(N(c5ccccc5)c5ccc6oc7ccccc7c6c5)cc4c4ccccc4c3c2)cc1. The fourth-order valence-electron chi connectivity index (χ4n) is 8.97. The van der Waals surface area contributed by atoms with Crippen molar-refractivity contribution in [1.82, 2.24) is 0 Å². The molecule has 0 N–H and O–H groups in total. The van der Waals surface area contributed by atoms with Gasteiger partial charge in [-0.3, -0.25) is 0 Å². The molecule has 0 unspecified atom stereocenters. The molecule has 0 spiro atoms. The summed E-state index contributed by atoms with van der Waals surface area (Å²) < 4.78 is 12.4. The van der Waals surface area contributed by atoms with Crippen LogP contribution in [0.1, 0.15) is 13.8 Å². The van der Waals surface area contributed by atoms with Crippen LogP contribution in [0.2, 0.25) is 0 Å². The number of hydrogen-bond acceptors (Lipinski definition) is 4. The molecule has 0 aliphatic carbocycles. The molecule has 0 aliphatic rings. The monoisotopic (exact) mass is 772 g/mol. The predicted molar refractivity (Wildman–Crippen MR) is 254 cm³/mol. The lowest BCUT2D eigenvalue weighted by Gasteiger charge is -2.27. The minimum atomic E-state index is 0.884. The maximum Gasteiger partial charge on any atom is 0.135 e. The minimum Gasteiger partial charge on any atom is -0.456 e. The van der Waals surface area contributed by atoms with E-state index in [1.165, 1.54) is 32.3 Å². The number of rotatable bonds is 6. The predicted octanol–water partition coefficient (Wildman–Crippen LogP) is 16.9. The second-order valence-electron chi connectivity index (χ2n) is 14.9. The lowest BCUT2D eigenvalue weighted by Crippen LogP contribution is -2.10. The molecule has 0 saturated heterocycles. The Balaban J connectivity index is 0.00000201. The molecule has 0 amide bonds. The first-order chi connectivity index (χ1) is 29.7. The number of para-hydroxylation sites is 4. The van der Waals surface area contributed by atoms with Crippen LogP contribution in [0, 0.1) is 0 Å². The van der Waals surface area contributed by atoms with Gasteiger partial charge in [0, 0.05) is 55.7 Å². The number of furan rings is 2. The Bertz CT molecular complexity index is 3280. The van der Waals surface area contributed by atoms with Crippen LogP contribution in [0.3, 0.4) is 0 Å². The van der Waals surface area contributed by atoms with E-state index in [1.54, 1.807) is 0 Å². The zero-order chi connectivity index (χ0) is 40.2. The Hall–Kier alpha value is -7.82. The lowest BCUT2D eigenvalue weighted by atomic mass is 9.93. The molecule has 10 aromatic carbocycles. The maximum atomic E-state index is 6.22. The largest absolute Gasteiger partial charge is 0.456 e. The first-order valence-electron chi connectivity index (χ1n) is 20.7. The molecule has 4 nitrogen and oxygen atoms in total. The van der Waals surface area contributed by atoms with E-state index in [2.05, 4.69) is 192 Å². The highest BCUT2D eigenvalue weighted by molar-refractivity contribution is 6.26. The van der Waals surface area contributed by atoms with Gasteiger partial charge in [-0.05, 0) is 129 Å². The zero-order valence-electron chi connectivity index (χ0n) is 33.3. The van der Waals surface area contributed by atoms with Gasteiger partial charge in [0.25, 0.3) is 0 Å². The molecule has 0 aliphatic heterocycles. The number of fused-ring (bicyclic) bond motifs is 12. The molecule has 286 valence electrons. The molecule has 0 bridgehead atoms. The van der Waals surface area contributed by atoms with E-state index in [0.29, 0.717) is 0 Å². The van der Waals surface area contributed by atoms with Crippen LogP contribution in [0.5, 0.6) is 0 Å². The van der Waals surface area contributed by atoms with Gasteiger partial charge in [0.2, 0.25) is 0 Å². The molecule has 0 radical (unpaired) electrons. The van der Waals surface area contributed by atoms with Crippen molar-refractivity contribution >= 4 is 110 Å². The number of anilines is 6. The zero-order valence-corrected chi connectivity index (χ0v) is 33.3. The first-order valence-corrected chi connectivity index (χ1v) is 20.7. The first kappa shape index (κ1) is 35.4. The number of hydrogen-bond donors (Lipinski definition) is 0. The molecule has 0 fully saturated rings. The fraction of sp³-hybridized carbons (Fsp3) is 0.0357. The van der Waals surface area contributed by atoms with Crippen molar-refractivity contribution in [3.63, 3.8) is 0 Å². The molecular weight excluding hydrogens is 733 g/mol. The van der Waals surface area contributed by atoms with E-state index >= 15 is 0 Å². The number of nitrogens with zero attached hydrogens (tertiary/aromatic N) is 2. The smallest absolute Gasteiger partial charge is 0.135 e. The van der Waals surface area contributed by atoms with Crippen molar-refractivity contribution in [1.29, 1.82) is 0 Å². The minimum absolute atomic E-state index is 0.884. The van der Waals surface area contributed by atoms with Crippen LogP contribution in [0.25, 0.3) is 76.2 Å². The highest BCUT2D eigenvalue weighted by Crippen LogP contribution is 2.45. The van der Waals surface area contributed by atoms with Gasteiger partial charge in [0.05, 0.1) is 0 Å². The van der Waals surface area contributed by atoms with Crippen molar-refractivity contribution in [2.75, 3.05) is 9.80 Å². The molecule has 12 rings (SSSR count). The summed E-state index contributed by atoms with van der Waals surface area (Å²) in [6, 6.07) is 73.4. The molecule has 0 atom stereocenters. The molecule has 12 aromatic rings. The van der Waals surface area contributed by atoms with Gasteiger partial charge in [-0.15, -0.1) is 0 Å². The number of benzene rings is 10. The van der Waals surface area contributed by atoms with Gasteiger partial charge in [-0.1, -0.05) is 123 Å². The molecule has 4 heteroatoms. The Morgan fingerprint density at radius 2 is 0.533 bits per heavy atom. The van der Waals surface area contributed by atoms with Crippen LogP contribution < -0.4 is 9.80 Å². The van der Waals surface area contributed by atoms with Crippen molar-refractivity contribution < 1.29 is 8.83 Å². The van der Waals surface area contributed by atoms with Crippen LogP contribution >= 0.6 is 0 Å². The van der Waals surface area contributed by atoms with Gasteiger partial charge < -0.3 is 18.6 Å². The van der Waals surface area contributed by atoms with Crippen LogP contribution in [0.15, 0.2) is 215 Å². The Morgan fingerprint density at radius 3 is 0.950 bits per heavy atom. The van der Waals surface area contributed by atoms with E-state index in [9.17, 15) is 0 Å². The summed E-state index contributed by atoms with van der Waals surface area (Å²) in [5, 5.41) is 11.7. The second kappa shape index (κ2) is 14.5. The Labute approximate surface area is 347 Å². The topological polar surface area (TPSA) is 32.8 Å². The highest BCUT2D eigenvalue weighted by Gasteiger charge is 2.20. The van der Waals surface area contributed by atoms with Gasteiger partial charge in [-0.25, -0.2) is 0 Å². The average Bonchev–Trinajstić information content (AvgIpc) is 3.89. The van der Waals surface area contributed by atoms with Crippen molar-refractivity contribution in [3.8, 4) is 0 Å². The fourth-order valence-corrected chi connectivity index (χ4v) is 8.97. The van der Waals surface area contributed by atoms with Gasteiger partial charge in [0.1, 0.15) is 22.3 Å². The van der Waals surface area contributed by atoms with E-state index in [4.69, 9.17) is 8.83 Å². The van der Waals surface area contributed by atoms with Crippen molar-refractivity contribution in [3.05, 3.63) is 206 Å². The molecule has 0 saturated carbocycles. The highest BCUT2D eigenvalue weighted by atomic mass is 16.3. The van der Waals surface area contributed by atoms with E-state index in [-0.39, 0.29) is 0 Å². The lowest BCUT2D eigenvalue weighted by molar-refractivity contribution is 0.668. The quantitative estimate of drug-likeness (QED) is 0.158. The van der Waals surface area contributed by atoms with E-state index in [0.717, 1.165) is 78.0 Å². The summed E-state index contributed by atoms with van der Waals surface area (Å²) in [4.78, 5) is 4.70. The standard InChI is InChI=1S/C54H34N2O2.C2H6/c1-3-13-35(14-4-1)55(39-25-29-53-49(33-39)45-19-9-11-21-51(45)57-53)37-23-27-43-44-28-24-38(32-48(44)42-18-8-7-17-41(42)47(43)31-37)56(36-15-5-2-6-16-36)40-26-30-54-50(34-40)46-20-10-12-22-52(46)58-54;1-2/h1-34H;1-2H3. The Kier molecular flexibility index (Phi) is 8.56. The van der Waals surface area contributed by atoms with E-state index < -0.39 is 0 Å². The van der Waals surface area contributed by atoms with Gasteiger partial charge in [0.15, 0.2) is 0 Å². The molecule has 60 heavy (non-hydrogen) atoms. The molecule has 2 heterocycles. The van der Waals surface area contributed by atoms with Crippen LogP contribution in [0.4, 0.5) is 34.1 Å². The third-order valence-corrected chi connectivity index (χ3v) is 11.6. The van der Waals surface area contributed by atoms with Gasteiger partial charge >= 0.3 is 0 Å². The van der Waals surface area contributed by atoms with Gasteiger partial charge in [-0.2, -0.15) is 0 Å². The van der Waals surface area contributed by atoms with Crippen molar-refractivity contribution in [2.45, 2.75) is 13.8 Å². The third-order valence-electron chi connectivity index (χ3n) is 11.6. The third kappa shape index (κ3) is 5.76. The van der Waals surface area contributed by atoms with Crippen LogP contribution in [-0.4, -0.2) is 0 Å². The molecular formula is C56H40N2O2. The summed E-state index contributed by atoms with van der Waals surface area (Å²) in [6.45, 7) is 4.00. The van der Waals surface area contributed by atoms with Crippen molar-refractivity contribution in [2.24, 2.45) is 0 Å². The molecule has 2 aromatic heterocycles. The van der Waals surface area contributed by atoms with Crippen LogP contribution in [-0.2, 0) is 0 Å². The Morgan fingerprint density at radius 1 is 0.233 bits per heavy atom. The maximum absolute atomic E-state index is 6.22. The summed E-state index contributed by atoms with van der Waals surface area (Å²) in [7, 11) is 0. The second-order valence-corrected chi connectivity index (χ2v) is 14.9. The van der Waals surface area contributed by atoms with E-state index in [1.807, 2.05) is 38.1 Å². The summed E-state index contributed by atoms with van der Waals surface area (Å²) in [5.74, 6) is 0. The normalized spacial score (nSPS) is 11.5. The summed E-state index contributed by atoms with van der Waals surface area (Å²) in [5.41, 5.74) is 10.1. The summed E-state index contributed by atoms with van der Waals surface area (Å²) >= 11 is 0. The summed E-state index contributed by atoms with van der Waals surface area (Å²) in [6.07, 6.45) is 0.